The van der Waals surface area contributed by atoms with Gasteiger partial charge < -0.3 is 14.8 Å². The molecule has 122 valence electrons. The first-order valence-corrected chi connectivity index (χ1v) is 7.95. The Morgan fingerprint density at radius 3 is 2.78 bits per heavy atom. The van der Waals surface area contributed by atoms with Gasteiger partial charge in [-0.2, -0.15) is 0 Å². The molecule has 1 N–H and O–H groups in total. The lowest BCUT2D eigenvalue weighted by atomic mass is 9.98. The number of amides is 1. The highest BCUT2D eigenvalue weighted by Gasteiger charge is 2.34. The molecule has 1 aromatic carbocycles. The van der Waals surface area contributed by atoms with Gasteiger partial charge in [0.15, 0.2) is 0 Å². The zero-order valence-corrected chi connectivity index (χ0v) is 14.0. The van der Waals surface area contributed by atoms with Gasteiger partial charge in [-0.25, -0.2) is 9.78 Å². The third-order valence-electron chi connectivity index (χ3n) is 3.44. The molecule has 0 aliphatic rings. The number of methoxy groups -OCH3 is 1. The van der Waals surface area contributed by atoms with E-state index in [1.54, 1.807) is 49.7 Å². The Morgan fingerprint density at radius 1 is 1.39 bits per heavy atom. The quantitative estimate of drug-likeness (QED) is 0.822. The summed E-state index contributed by atoms with van der Waals surface area (Å²) in [6.45, 7) is 3.44. The molecule has 1 atom stereocenters. The predicted molar refractivity (Wildman–Crippen MR) is 86.8 cm³/mol. The molecule has 2 aromatic rings. The summed E-state index contributed by atoms with van der Waals surface area (Å²) in [6, 6.07) is 6.69. The van der Waals surface area contributed by atoms with Crippen LogP contribution in [0.2, 0.25) is 0 Å². The number of nitrogens with zero attached hydrogens (tertiary/aromatic N) is 1. The fourth-order valence-corrected chi connectivity index (χ4v) is 2.40. The summed E-state index contributed by atoms with van der Waals surface area (Å²) < 4.78 is 10.3. The first kappa shape index (κ1) is 17.0. The minimum Gasteiger partial charge on any atom is -0.467 e. The van der Waals surface area contributed by atoms with Gasteiger partial charge in [-0.3, -0.25) is 4.79 Å². The van der Waals surface area contributed by atoms with Crippen LogP contribution in [-0.2, 0) is 9.53 Å². The van der Waals surface area contributed by atoms with Crippen molar-refractivity contribution in [3.8, 4) is 10.9 Å². The zero-order valence-electron chi connectivity index (χ0n) is 13.2. The van der Waals surface area contributed by atoms with Gasteiger partial charge in [0.05, 0.1) is 7.11 Å². The summed E-state index contributed by atoms with van der Waals surface area (Å²) in [4.78, 5) is 28.3. The summed E-state index contributed by atoms with van der Waals surface area (Å²) in [5.74, 6) is -0.350. The van der Waals surface area contributed by atoms with E-state index in [1.807, 2.05) is 0 Å². The van der Waals surface area contributed by atoms with E-state index < -0.39 is 11.5 Å². The summed E-state index contributed by atoms with van der Waals surface area (Å²) >= 11 is 1.36. The van der Waals surface area contributed by atoms with Crippen LogP contribution in [0.5, 0.6) is 10.9 Å². The monoisotopic (exact) mass is 334 g/mol. The summed E-state index contributed by atoms with van der Waals surface area (Å²) in [5, 5.41) is 5.01. The van der Waals surface area contributed by atoms with Crippen LogP contribution < -0.4 is 10.1 Å². The Kier molecular flexibility index (Phi) is 5.33. The van der Waals surface area contributed by atoms with Crippen molar-refractivity contribution in [2.24, 2.45) is 0 Å². The minimum atomic E-state index is -1.07. The molecule has 2 rings (SSSR count). The molecule has 0 bridgehead atoms. The van der Waals surface area contributed by atoms with Gasteiger partial charge >= 0.3 is 5.97 Å². The molecular formula is C16H18N2O4S. The number of esters is 1. The smallest absolute Gasteiger partial charge is 0.331 e. The maximum absolute atomic E-state index is 12.4. The molecular weight excluding hydrogens is 316 g/mol. The second-order valence-corrected chi connectivity index (χ2v) is 5.92. The first-order valence-electron chi connectivity index (χ1n) is 7.07. The molecule has 0 fully saturated rings. The van der Waals surface area contributed by atoms with Gasteiger partial charge in [-0.05, 0) is 31.5 Å². The molecule has 1 aromatic heterocycles. The second-order valence-electron chi connectivity index (χ2n) is 5.06. The normalized spacial score (nSPS) is 13.0. The summed E-state index contributed by atoms with van der Waals surface area (Å²) in [7, 11) is 1.30. The van der Waals surface area contributed by atoms with Gasteiger partial charge in [-0.15, -0.1) is 0 Å². The van der Waals surface area contributed by atoms with Crippen molar-refractivity contribution in [2.75, 3.05) is 7.11 Å². The largest absolute Gasteiger partial charge is 0.467 e. The Hall–Kier alpha value is -2.41. The number of hydrogen-bond acceptors (Lipinski definition) is 6. The van der Waals surface area contributed by atoms with Crippen LogP contribution in [0.1, 0.15) is 30.6 Å². The van der Waals surface area contributed by atoms with E-state index in [2.05, 4.69) is 10.3 Å². The van der Waals surface area contributed by atoms with Crippen molar-refractivity contribution in [3.63, 3.8) is 0 Å². The number of carbonyl (C=O) groups is 2. The molecule has 23 heavy (non-hydrogen) atoms. The van der Waals surface area contributed by atoms with E-state index in [1.165, 1.54) is 18.4 Å². The number of ether oxygens (including phenoxy) is 2. The summed E-state index contributed by atoms with van der Waals surface area (Å²) in [6.07, 6.45) is 2.06. The fraction of sp³-hybridized carbons (Fsp3) is 0.312. The Bertz CT molecular complexity index is 687. The van der Waals surface area contributed by atoms with Crippen molar-refractivity contribution in [1.82, 2.24) is 10.3 Å². The van der Waals surface area contributed by atoms with Crippen LogP contribution in [0, 0.1) is 0 Å². The van der Waals surface area contributed by atoms with E-state index in [-0.39, 0.29) is 5.91 Å². The van der Waals surface area contributed by atoms with Crippen LogP contribution in [0.15, 0.2) is 35.8 Å². The van der Waals surface area contributed by atoms with Crippen molar-refractivity contribution < 1.29 is 19.1 Å². The Labute approximate surface area is 138 Å². The van der Waals surface area contributed by atoms with E-state index in [0.717, 1.165) is 0 Å². The van der Waals surface area contributed by atoms with Gasteiger partial charge in [0.1, 0.15) is 11.3 Å². The van der Waals surface area contributed by atoms with Crippen molar-refractivity contribution in [2.45, 2.75) is 25.8 Å². The molecule has 0 radical (unpaired) electrons. The molecule has 0 unspecified atom stereocenters. The number of thiazole rings is 1. The first-order chi connectivity index (χ1) is 11.0. The zero-order chi connectivity index (χ0) is 16.9. The van der Waals surface area contributed by atoms with E-state index >= 15 is 0 Å². The van der Waals surface area contributed by atoms with Crippen LogP contribution in [0.3, 0.4) is 0 Å². The third kappa shape index (κ3) is 4.07. The minimum absolute atomic E-state index is 0.371. The molecule has 0 spiro atoms. The van der Waals surface area contributed by atoms with Crippen LogP contribution in [-0.4, -0.2) is 29.5 Å². The van der Waals surface area contributed by atoms with Gasteiger partial charge in [-0.1, -0.05) is 24.3 Å². The average molecular weight is 334 g/mol. The van der Waals surface area contributed by atoms with Gasteiger partial charge in [0, 0.05) is 17.1 Å². The molecule has 7 heteroatoms. The van der Waals surface area contributed by atoms with Crippen molar-refractivity contribution in [1.29, 1.82) is 0 Å². The second kappa shape index (κ2) is 7.23. The molecule has 1 heterocycles. The van der Waals surface area contributed by atoms with Gasteiger partial charge in [0.25, 0.3) is 11.1 Å². The highest BCUT2D eigenvalue weighted by molar-refractivity contribution is 7.11. The highest BCUT2D eigenvalue weighted by atomic mass is 32.1. The Morgan fingerprint density at radius 2 is 2.17 bits per heavy atom. The van der Waals surface area contributed by atoms with E-state index in [9.17, 15) is 9.59 Å². The number of carbonyl (C=O) groups excluding carboxylic acids is 2. The van der Waals surface area contributed by atoms with Crippen LogP contribution in [0.25, 0.3) is 0 Å². The molecule has 0 saturated carbocycles. The number of rotatable bonds is 6. The maximum Gasteiger partial charge on any atom is 0.331 e. The van der Waals surface area contributed by atoms with E-state index in [4.69, 9.17) is 9.47 Å². The van der Waals surface area contributed by atoms with Crippen LogP contribution in [0.4, 0.5) is 0 Å². The fourth-order valence-electron chi connectivity index (χ4n) is 1.89. The Balaban J connectivity index is 2.14. The number of aromatic nitrogens is 1. The lowest BCUT2D eigenvalue weighted by Crippen LogP contribution is -2.52. The molecule has 0 aliphatic heterocycles. The highest BCUT2D eigenvalue weighted by Crippen LogP contribution is 2.24. The van der Waals surface area contributed by atoms with Gasteiger partial charge in [0.2, 0.25) is 0 Å². The molecule has 6 nitrogen and oxygen atoms in total. The maximum atomic E-state index is 12.4. The lowest BCUT2D eigenvalue weighted by Gasteiger charge is -2.26. The van der Waals surface area contributed by atoms with E-state index in [0.29, 0.717) is 22.9 Å². The number of benzene rings is 1. The topological polar surface area (TPSA) is 77.5 Å². The molecule has 0 aliphatic carbocycles. The SMILES string of the molecule is CC[C@@](C)(NC(=O)c1cccc(Oc2nccs2)c1)C(=O)OC. The average Bonchev–Trinajstić information content (AvgIpc) is 3.07. The van der Waals surface area contributed by atoms with Crippen LogP contribution >= 0.6 is 11.3 Å². The number of nitrogens with one attached hydrogen (secondary N) is 1. The standard InChI is InChI=1S/C16H18N2O4S/c1-4-16(2,14(20)21-3)18-13(19)11-6-5-7-12(10-11)22-15-17-8-9-23-15/h5-10H,4H2,1-3H3,(H,18,19)/t16-/m1/s1. The summed E-state index contributed by atoms with van der Waals surface area (Å²) in [5.41, 5.74) is -0.680. The predicted octanol–water partition coefficient (Wildman–Crippen LogP) is 3.01. The van der Waals surface area contributed by atoms with Crippen molar-refractivity contribution in [3.05, 3.63) is 41.4 Å². The lowest BCUT2D eigenvalue weighted by molar-refractivity contribution is -0.147. The third-order valence-corrected chi connectivity index (χ3v) is 4.09. The molecule has 1 amide bonds. The van der Waals surface area contributed by atoms with Crippen molar-refractivity contribution >= 4 is 23.2 Å². The molecule has 0 saturated heterocycles. The number of hydrogen-bond donors (Lipinski definition) is 1.